The van der Waals surface area contributed by atoms with Gasteiger partial charge in [-0.05, 0) is 47.9 Å². The van der Waals surface area contributed by atoms with Crippen LogP contribution in [-0.2, 0) is 0 Å². The minimum absolute atomic E-state index is 0.0727. The van der Waals surface area contributed by atoms with E-state index in [1.165, 1.54) is 5.56 Å². The summed E-state index contributed by atoms with van der Waals surface area (Å²) in [6.07, 6.45) is 0. The molecule has 4 heteroatoms. The Hall–Kier alpha value is -3.14. The van der Waals surface area contributed by atoms with Crippen molar-refractivity contribution < 1.29 is 19.7 Å². The number of aromatic hydroxyl groups is 2. The molecule has 1 aliphatic rings. The van der Waals surface area contributed by atoms with Crippen molar-refractivity contribution in [2.24, 2.45) is 0 Å². The third-order valence-electron chi connectivity index (χ3n) is 5.25. The molecule has 0 spiro atoms. The van der Waals surface area contributed by atoms with E-state index < -0.39 is 0 Å². The summed E-state index contributed by atoms with van der Waals surface area (Å²) in [5.41, 5.74) is 4.39. The molecule has 0 aromatic heterocycles. The van der Waals surface area contributed by atoms with Crippen molar-refractivity contribution in [2.45, 2.75) is 18.8 Å². The van der Waals surface area contributed by atoms with Crippen LogP contribution in [0.1, 0.15) is 34.1 Å². The summed E-state index contributed by atoms with van der Waals surface area (Å²) in [6.45, 7) is 2.53. The molecule has 4 rings (SSSR count). The molecular formula is C23H22O4. The minimum atomic E-state index is 0.0727. The van der Waals surface area contributed by atoms with Gasteiger partial charge in [0.15, 0.2) is 0 Å². The number of phenols is 2. The van der Waals surface area contributed by atoms with E-state index in [0.717, 1.165) is 22.4 Å². The summed E-state index contributed by atoms with van der Waals surface area (Å²) in [5.74, 6) is 2.18. The number of ether oxygens (including phenoxy) is 2. The topological polar surface area (TPSA) is 58.9 Å². The smallest absolute Gasteiger partial charge is 0.126 e. The normalized spacial score (nSPS) is 18.4. The number of hydrogen-bond acceptors (Lipinski definition) is 4. The van der Waals surface area contributed by atoms with Crippen molar-refractivity contribution in [1.29, 1.82) is 0 Å². The largest absolute Gasteiger partial charge is 0.508 e. The first-order valence-electron chi connectivity index (χ1n) is 8.96. The quantitative estimate of drug-likeness (QED) is 0.708. The molecule has 0 aliphatic carbocycles. The fourth-order valence-corrected chi connectivity index (χ4v) is 3.91. The molecule has 3 aromatic carbocycles. The average molecular weight is 362 g/mol. The standard InChI is InChI=1S/C23H22O4/c1-14-11-16(5-10-21(14)26-2)23-19-9-8-18(25)12-22(19)27-13-20(23)15-3-6-17(24)7-4-15/h3-12,20,23-25H,13H2,1-2H3/t20-,23-/m1/s1. The molecule has 0 saturated carbocycles. The summed E-state index contributed by atoms with van der Waals surface area (Å²) in [6, 6.07) is 18.8. The van der Waals surface area contributed by atoms with Crippen LogP contribution in [0, 0.1) is 6.92 Å². The van der Waals surface area contributed by atoms with Gasteiger partial charge in [0, 0.05) is 23.5 Å². The summed E-state index contributed by atoms with van der Waals surface area (Å²) < 4.78 is 11.4. The zero-order valence-corrected chi connectivity index (χ0v) is 15.3. The van der Waals surface area contributed by atoms with Crippen molar-refractivity contribution in [3.05, 3.63) is 82.9 Å². The fourth-order valence-electron chi connectivity index (χ4n) is 3.91. The minimum Gasteiger partial charge on any atom is -0.508 e. The molecule has 2 atom stereocenters. The number of fused-ring (bicyclic) bond motifs is 1. The number of methoxy groups -OCH3 is 1. The van der Waals surface area contributed by atoms with Gasteiger partial charge < -0.3 is 19.7 Å². The number of hydrogen-bond donors (Lipinski definition) is 2. The van der Waals surface area contributed by atoms with Gasteiger partial charge in [-0.1, -0.05) is 30.3 Å². The van der Waals surface area contributed by atoms with Gasteiger partial charge in [0.2, 0.25) is 0 Å². The second-order valence-electron chi connectivity index (χ2n) is 6.94. The highest BCUT2D eigenvalue weighted by Gasteiger charge is 2.33. The maximum absolute atomic E-state index is 9.85. The molecule has 4 nitrogen and oxygen atoms in total. The van der Waals surface area contributed by atoms with E-state index in [1.807, 2.05) is 31.2 Å². The predicted octanol–water partition coefficient (Wildman–Crippen LogP) is 4.72. The molecule has 2 N–H and O–H groups in total. The lowest BCUT2D eigenvalue weighted by atomic mass is 9.75. The Balaban J connectivity index is 1.85. The Morgan fingerprint density at radius 1 is 0.889 bits per heavy atom. The summed E-state index contributed by atoms with van der Waals surface area (Å²) in [7, 11) is 1.67. The van der Waals surface area contributed by atoms with Crippen LogP contribution in [0.4, 0.5) is 0 Å². The summed E-state index contributed by atoms with van der Waals surface area (Å²) in [5, 5.41) is 19.5. The second-order valence-corrected chi connectivity index (χ2v) is 6.94. The van der Waals surface area contributed by atoms with Gasteiger partial charge in [0.25, 0.3) is 0 Å². The van der Waals surface area contributed by atoms with Crippen LogP contribution in [0.3, 0.4) is 0 Å². The molecule has 138 valence electrons. The predicted molar refractivity (Wildman–Crippen MR) is 104 cm³/mol. The highest BCUT2D eigenvalue weighted by atomic mass is 16.5. The molecular weight excluding hydrogens is 340 g/mol. The first-order chi connectivity index (χ1) is 13.1. The van der Waals surface area contributed by atoms with Crippen LogP contribution < -0.4 is 9.47 Å². The van der Waals surface area contributed by atoms with Gasteiger partial charge in [0.1, 0.15) is 23.0 Å². The van der Waals surface area contributed by atoms with E-state index in [-0.39, 0.29) is 23.3 Å². The van der Waals surface area contributed by atoms with Crippen molar-refractivity contribution >= 4 is 0 Å². The Labute approximate surface area is 158 Å². The lowest BCUT2D eigenvalue weighted by Crippen LogP contribution is -2.25. The molecule has 3 aromatic rings. The SMILES string of the molecule is COc1ccc([C@@H]2c3ccc(O)cc3OC[C@@H]2c2ccc(O)cc2)cc1C. The van der Waals surface area contributed by atoms with E-state index in [2.05, 4.69) is 12.1 Å². The zero-order chi connectivity index (χ0) is 19.0. The van der Waals surface area contributed by atoms with E-state index >= 15 is 0 Å². The van der Waals surface area contributed by atoms with E-state index in [9.17, 15) is 10.2 Å². The van der Waals surface area contributed by atoms with Gasteiger partial charge in [-0.15, -0.1) is 0 Å². The molecule has 0 radical (unpaired) electrons. The van der Waals surface area contributed by atoms with Gasteiger partial charge in [-0.3, -0.25) is 0 Å². The Bertz CT molecular complexity index is 963. The number of benzene rings is 3. The van der Waals surface area contributed by atoms with E-state index in [0.29, 0.717) is 12.4 Å². The molecule has 0 saturated heterocycles. The molecule has 0 amide bonds. The number of phenolic OH excluding ortho intramolecular Hbond substituents is 2. The van der Waals surface area contributed by atoms with Crippen molar-refractivity contribution in [3.8, 4) is 23.0 Å². The van der Waals surface area contributed by atoms with Gasteiger partial charge >= 0.3 is 0 Å². The van der Waals surface area contributed by atoms with Crippen LogP contribution >= 0.6 is 0 Å². The first kappa shape index (κ1) is 17.3. The van der Waals surface area contributed by atoms with Crippen LogP contribution in [0.2, 0.25) is 0 Å². The lowest BCUT2D eigenvalue weighted by molar-refractivity contribution is 0.247. The van der Waals surface area contributed by atoms with Gasteiger partial charge in [-0.25, -0.2) is 0 Å². The van der Waals surface area contributed by atoms with E-state index in [1.54, 1.807) is 31.4 Å². The van der Waals surface area contributed by atoms with Crippen LogP contribution in [0.15, 0.2) is 60.7 Å². The Kier molecular flexibility index (Phi) is 4.40. The Morgan fingerprint density at radius 3 is 2.30 bits per heavy atom. The van der Waals surface area contributed by atoms with Crippen LogP contribution in [0.25, 0.3) is 0 Å². The molecule has 0 bridgehead atoms. The second kappa shape index (κ2) is 6.88. The van der Waals surface area contributed by atoms with Gasteiger partial charge in [0.05, 0.1) is 13.7 Å². The summed E-state index contributed by atoms with van der Waals surface area (Å²) >= 11 is 0. The van der Waals surface area contributed by atoms with Crippen molar-refractivity contribution in [2.75, 3.05) is 13.7 Å². The van der Waals surface area contributed by atoms with E-state index in [4.69, 9.17) is 9.47 Å². The number of rotatable bonds is 3. The lowest BCUT2D eigenvalue weighted by Gasteiger charge is -2.34. The maximum atomic E-state index is 9.85. The fraction of sp³-hybridized carbons (Fsp3) is 0.217. The zero-order valence-electron chi connectivity index (χ0n) is 15.3. The Morgan fingerprint density at radius 2 is 1.59 bits per heavy atom. The third-order valence-corrected chi connectivity index (χ3v) is 5.25. The average Bonchev–Trinajstić information content (AvgIpc) is 2.67. The molecule has 0 fully saturated rings. The highest BCUT2D eigenvalue weighted by molar-refractivity contribution is 5.52. The van der Waals surface area contributed by atoms with Crippen LogP contribution in [0.5, 0.6) is 23.0 Å². The monoisotopic (exact) mass is 362 g/mol. The molecule has 0 unspecified atom stereocenters. The van der Waals surface area contributed by atoms with Crippen molar-refractivity contribution in [3.63, 3.8) is 0 Å². The number of aryl methyl sites for hydroxylation is 1. The first-order valence-corrected chi connectivity index (χ1v) is 8.96. The molecule has 1 heterocycles. The van der Waals surface area contributed by atoms with Gasteiger partial charge in [-0.2, -0.15) is 0 Å². The molecule has 27 heavy (non-hydrogen) atoms. The third kappa shape index (κ3) is 3.19. The highest BCUT2D eigenvalue weighted by Crippen LogP contribution is 2.47. The van der Waals surface area contributed by atoms with Crippen molar-refractivity contribution in [1.82, 2.24) is 0 Å². The summed E-state index contributed by atoms with van der Waals surface area (Å²) in [4.78, 5) is 0. The molecule has 1 aliphatic heterocycles. The van der Waals surface area contributed by atoms with Crippen LogP contribution in [-0.4, -0.2) is 23.9 Å². The maximum Gasteiger partial charge on any atom is 0.126 e.